The number of methoxy groups -OCH3 is 2. The number of aliphatic imine (C=N–C) groups is 1. The van der Waals surface area contributed by atoms with Crippen LogP contribution in [-0.2, 0) is 6.54 Å². The molecule has 1 fully saturated rings. The predicted octanol–water partition coefficient (Wildman–Crippen LogP) is 2.82. The van der Waals surface area contributed by atoms with Crippen molar-refractivity contribution in [1.82, 2.24) is 10.2 Å². The van der Waals surface area contributed by atoms with Gasteiger partial charge >= 0.3 is 0 Å². The number of ether oxygens (including phenoxy) is 2. The summed E-state index contributed by atoms with van der Waals surface area (Å²) in [4.78, 5) is 6.52. The van der Waals surface area contributed by atoms with Crippen LogP contribution in [0.3, 0.4) is 0 Å². The largest absolute Gasteiger partial charge is 0.493 e. The second-order valence-electron chi connectivity index (χ2n) is 6.20. The zero-order valence-electron chi connectivity index (χ0n) is 15.0. The number of rotatable bonds is 7. The first-order chi connectivity index (χ1) is 11.1. The van der Waals surface area contributed by atoms with Crippen LogP contribution >= 0.6 is 0 Å². The lowest BCUT2D eigenvalue weighted by Gasteiger charge is -2.23. The van der Waals surface area contributed by atoms with E-state index in [2.05, 4.69) is 29.2 Å². The predicted molar refractivity (Wildman–Crippen MR) is 94.5 cm³/mol. The maximum atomic E-state index is 5.41. The van der Waals surface area contributed by atoms with Gasteiger partial charge in [-0.3, -0.25) is 4.99 Å². The molecule has 23 heavy (non-hydrogen) atoms. The Morgan fingerprint density at radius 1 is 1.26 bits per heavy atom. The van der Waals surface area contributed by atoms with Gasteiger partial charge in [0.25, 0.3) is 0 Å². The summed E-state index contributed by atoms with van der Waals surface area (Å²) >= 11 is 0. The zero-order valence-corrected chi connectivity index (χ0v) is 15.0. The van der Waals surface area contributed by atoms with Crippen LogP contribution < -0.4 is 14.8 Å². The molecule has 1 aromatic carbocycles. The highest BCUT2D eigenvalue weighted by molar-refractivity contribution is 5.79. The summed E-state index contributed by atoms with van der Waals surface area (Å²) in [6, 6.07) is 4.06. The lowest BCUT2D eigenvalue weighted by atomic mass is 10.1. The highest BCUT2D eigenvalue weighted by atomic mass is 16.5. The van der Waals surface area contributed by atoms with Crippen molar-refractivity contribution in [2.45, 2.75) is 32.7 Å². The Bertz CT molecular complexity index is 553. The molecule has 0 radical (unpaired) electrons. The van der Waals surface area contributed by atoms with Crippen LogP contribution in [0.4, 0.5) is 0 Å². The fourth-order valence-corrected chi connectivity index (χ4v) is 2.70. The van der Waals surface area contributed by atoms with Gasteiger partial charge in [0.15, 0.2) is 17.5 Å². The molecule has 2 rings (SSSR count). The molecular weight excluding hydrogens is 290 g/mol. The molecule has 0 aromatic heterocycles. The van der Waals surface area contributed by atoms with E-state index >= 15 is 0 Å². The van der Waals surface area contributed by atoms with Gasteiger partial charge in [-0.05, 0) is 42.5 Å². The van der Waals surface area contributed by atoms with Crippen molar-refractivity contribution in [1.29, 1.82) is 0 Å². The molecule has 0 saturated heterocycles. The van der Waals surface area contributed by atoms with E-state index in [0.29, 0.717) is 0 Å². The second kappa shape index (κ2) is 8.09. The van der Waals surface area contributed by atoms with Gasteiger partial charge in [-0.2, -0.15) is 0 Å². The highest BCUT2D eigenvalue weighted by Gasteiger charge is 2.20. The molecule has 0 spiro atoms. The number of guanidine groups is 1. The van der Waals surface area contributed by atoms with Gasteiger partial charge in [0.2, 0.25) is 0 Å². The lowest BCUT2D eigenvalue weighted by Crippen LogP contribution is -2.39. The number of nitrogens with zero attached hydrogens (tertiary/aromatic N) is 2. The average molecular weight is 319 g/mol. The third-order valence-electron chi connectivity index (χ3n) is 4.36. The number of nitrogens with one attached hydrogen (secondary N) is 1. The molecule has 0 aliphatic heterocycles. The lowest BCUT2D eigenvalue weighted by molar-refractivity contribution is 0.353. The molecule has 1 aliphatic rings. The second-order valence-corrected chi connectivity index (χ2v) is 6.20. The maximum Gasteiger partial charge on any atom is 0.193 e. The Morgan fingerprint density at radius 2 is 1.91 bits per heavy atom. The molecule has 0 heterocycles. The molecule has 1 aromatic rings. The number of hydrogen-bond acceptors (Lipinski definition) is 3. The van der Waals surface area contributed by atoms with Gasteiger partial charge in [-0.25, -0.2) is 0 Å². The van der Waals surface area contributed by atoms with Crippen LogP contribution in [0.1, 0.15) is 30.4 Å². The molecule has 0 atom stereocenters. The minimum absolute atomic E-state index is 0.762. The third kappa shape index (κ3) is 4.78. The summed E-state index contributed by atoms with van der Waals surface area (Å²) in [5.74, 6) is 3.39. The Balaban J connectivity index is 2.00. The summed E-state index contributed by atoms with van der Waals surface area (Å²) in [6.45, 7) is 3.86. The van der Waals surface area contributed by atoms with Crippen molar-refractivity contribution in [3.05, 3.63) is 23.3 Å². The van der Waals surface area contributed by atoms with E-state index in [1.165, 1.54) is 30.4 Å². The molecular formula is C18H29N3O2. The summed E-state index contributed by atoms with van der Waals surface area (Å²) in [7, 11) is 7.22. The van der Waals surface area contributed by atoms with Crippen LogP contribution in [0.25, 0.3) is 0 Å². The van der Waals surface area contributed by atoms with Crippen molar-refractivity contribution in [2.75, 3.05) is 34.9 Å². The molecule has 1 saturated carbocycles. The standard InChI is InChI=1S/C18H29N3O2/c1-13-10-16(22-4)17(23-5)11-15(13)12-21(3)18(19-2)20-9-8-14-6-7-14/h10-11,14H,6-9,12H2,1-5H3,(H,19,20). The molecule has 1 aliphatic carbocycles. The van der Waals surface area contributed by atoms with E-state index in [0.717, 1.165) is 36.5 Å². The number of benzene rings is 1. The molecule has 5 nitrogen and oxygen atoms in total. The van der Waals surface area contributed by atoms with Crippen LogP contribution in [0.5, 0.6) is 11.5 Å². The minimum Gasteiger partial charge on any atom is -0.493 e. The Kier molecular flexibility index (Phi) is 6.13. The quantitative estimate of drug-likeness (QED) is 0.620. The first-order valence-corrected chi connectivity index (χ1v) is 8.22. The monoisotopic (exact) mass is 319 g/mol. The summed E-state index contributed by atoms with van der Waals surface area (Å²) in [5.41, 5.74) is 2.39. The summed E-state index contributed by atoms with van der Waals surface area (Å²) in [6.07, 6.45) is 4.02. The molecule has 5 heteroatoms. The van der Waals surface area contributed by atoms with Gasteiger partial charge in [-0.1, -0.05) is 12.8 Å². The van der Waals surface area contributed by atoms with E-state index in [4.69, 9.17) is 9.47 Å². The molecule has 0 bridgehead atoms. The smallest absolute Gasteiger partial charge is 0.193 e. The van der Waals surface area contributed by atoms with E-state index in [1.54, 1.807) is 14.2 Å². The summed E-state index contributed by atoms with van der Waals surface area (Å²) in [5, 5.41) is 3.45. The van der Waals surface area contributed by atoms with Crippen molar-refractivity contribution < 1.29 is 9.47 Å². The van der Waals surface area contributed by atoms with Crippen LogP contribution in [0.15, 0.2) is 17.1 Å². The number of hydrogen-bond donors (Lipinski definition) is 1. The summed E-state index contributed by atoms with van der Waals surface area (Å²) < 4.78 is 10.8. The van der Waals surface area contributed by atoms with Gasteiger partial charge in [0, 0.05) is 27.2 Å². The zero-order chi connectivity index (χ0) is 16.8. The first kappa shape index (κ1) is 17.4. The average Bonchev–Trinajstić information content (AvgIpc) is 3.37. The molecule has 0 unspecified atom stereocenters. The SMILES string of the molecule is CN=C(NCCC1CC1)N(C)Cc1cc(OC)c(OC)cc1C. The van der Waals surface area contributed by atoms with E-state index in [1.807, 2.05) is 19.2 Å². The van der Waals surface area contributed by atoms with Gasteiger partial charge in [0.1, 0.15) is 0 Å². The van der Waals surface area contributed by atoms with Crippen LogP contribution in [-0.4, -0.2) is 45.7 Å². The maximum absolute atomic E-state index is 5.41. The highest BCUT2D eigenvalue weighted by Crippen LogP contribution is 2.32. The van der Waals surface area contributed by atoms with Gasteiger partial charge in [-0.15, -0.1) is 0 Å². The van der Waals surface area contributed by atoms with Crippen LogP contribution in [0.2, 0.25) is 0 Å². The van der Waals surface area contributed by atoms with E-state index < -0.39 is 0 Å². The van der Waals surface area contributed by atoms with Gasteiger partial charge < -0.3 is 19.7 Å². The van der Waals surface area contributed by atoms with Crippen molar-refractivity contribution in [2.24, 2.45) is 10.9 Å². The van der Waals surface area contributed by atoms with E-state index in [9.17, 15) is 0 Å². The van der Waals surface area contributed by atoms with Gasteiger partial charge in [0.05, 0.1) is 14.2 Å². The third-order valence-corrected chi connectivity index (χ3v) is 4.36. The topological polar surface area (TPSA) is 46.1 Å². The minimum atomic E-state index is 0.762. The molecule has 0 amide bonds. The normalized spacial score (nSPS) is 14.6. The van der Waals surface area contributed by atoms with E-state index in [-0.39, 0.29) is 0 Å². The Hall–Kier alpha value is -1.91. The Morgan fingerprint density at radius 3 is 2.48 bits per heavy atom. The molecule has 128 valence electrons. The van der Waals surface area contributed by atoms with Crippen molar-refractivity contribution >= 4 is 5.96 Å². The number of aryl methyl sites for hydroxylation is 1. The first-order valence-electron chi connectivity index (χ1n) is 8.22. The van der Waals surface area contributed by atoms with Crippen molar-refractivity contribution in [3.63, 3.8) is 0 Å². The Labute approximate surface area is 139 Å². The fraction of sp³-hybridized carbons (Fsp3) is 0.611. The fourth-order valence-electron chi connectivity index (χ4n) is 2.70. The molecule has 1 N–H and O–H groups in total. The van der Waals surface area contributed by atoms with Crippen molar-refractivity contribution in [3.8, 4) is 11.5 Å². The van der Waals surface area contributed by atoms with Crippen LogP contribution in [0, 0.1) is 12.8 Å².